The fourth-order valence-corrected chi connectivity index (χ4v) is 2.42. The number of carbonyl (C=O) groups excluding carboxylic acids is 1. The highest BCUT2D eigenvalue weighted by molar-refractivity contribution is 5.85. The van der Waals surface area contributed by atoms with E-state index in [-0.39, 0.29) is 17.7 Å². The molecule has 0 saturated heterocycles. The molecule has 0 bridgehead atoms. The van der Waals surface area contributed by atoms with E-state index in [1.807, 2.05) is 26.0 Å². The van der Waals surface area contributed by atoms with Crippen LogP contribution in [0.2, 0.25) is 0 Å². The zero-order valence-corrected chi connectivity index (χ0v) is 10.4. The maximum Gasteiger partial charge on any atom is 0.152 e. The summed E-state index contributed by atoms with van der Waals surface area (Å²) >= 11 is 0. The summed E-state index contributed by atoms with van der Waals surface area (Å²) in [6, 6.07) is 7.91. The van der Waals surface area contributed by atoms with Crippen molar-refractivity contribution in [3.8, 4) is 0 Å². The minimum Gasteiger partial charge on any atom is -0.384 e. The van der Waals surface area contributed by atoms with Crippen molar-refractivity contribution in [2.45, 2.75) is 32.2 Å². The van der Waals surface area contributed by atoms with Crippen molar-refractivity contribution in [2.24, 2.45) is 11.7 Å². The minimum absolute atomic E-state index is 0.0228. The predicted molar refractivity (Wildman–Crippen MR) is 70.1 cm³/mol. The van der Waals surface area contributed by atoms with Crippen LogP contribution in [0.4, 0.5) is 5.69 Å². The summed E-state index contributed by atoms with van der Waals surface area (Å²) in [5, 5.41) is 3.36. The molecule has 0 amide bonds. The van der Waals surface area contributed by atoms with Crippen molar-refractivity contribution in [2.75, 3.05) is 11.9 Å². The average molecular weight is 232 g/mol. The molecule has 0 radical (unpaired) electrons. The third-order valence-electron chi connectivity index (χ3n) is 3.41. The van der Waals surface area contributed by atoms with Crippen LogP contribution in [0.3, 0.4) is 0 Å². The third kappa shape index (κ3) is 2.50. The number of benzene rings is 1. The lowest BCUT2D eigenvalue weighted by atomic mass is 9.90. The van der Waals surface area contributed by atoms with Crippen molar-refractivity contribution in [1.29, 1.82) is 0 Å². The number of fused-ring (bicyclic) bond motifs is 1. The molecule has 0 saturated carbocycles. The molecule has 0 aromatic heterocycles. The minimum atomic E-state index is -0.340. The Morgan fingerprint density at radius 1 is 1.47 bits per heavy atom. The summed E-state index contributed by atoms with van der Waals surface area (Å²) in [6.07, 6.45) is 0.737. The molecule has 92 valence electrons. The van der Waals surface area contributed by atoms with Crippen molar-refractivity contribution >= 4 is 11.5 Å². The average Bonchev–Trinajstić information content (AvgIpc) is 2.71. The Labute approximate surface area is 102 Å². The second-order valence-corrected chi connectivity index (χ2v) is 5.06. The molecule has 1 aromatic carbocycles. The molecule has 1 aliphatic rings. The van der Waals surface area contributed by atoms with Crippen molar-refractivity contribution in [3.63, 3.8) is 0 Å². The second-order valence-electron chi connectivity index (χ2n) is 5.06. The zero-order valence-electron chi connectivity index (χ0n) is 10.4. The summed E-state index contributed by atoms with van der Waals surface area (Å²) in [5.41, 5.74) is 8.45. The van der Waals surface area contributed by atoms with Gasteiger partial charge in [-0.3, -0.25) is 4.79 Å². The molecular formula is C14H20N2O. The summed E-state index contributed by atoms with van der Waals surface area (Å²) in [5.74, 6) is 0.549. The largest absolute Gasteiger partial charge is 0.384 e. The van der Waals surface area contributed by atoms with Gasteiger partial charge >= 0.3 is 0 Å². The molecule has 2 rings (SSSR count). The number of ketones is 1. The van der Waals surface area contributed by atoms with E-state index >= 15 is 0 Å². The zero-order chi connectivity index (χ0) is 12.4. The third-order valence-corrected chi connectivity index (χ3v) is 3.41. The van der Waals surface area contributed by atoms with Crippen LogP contribution in [0, 0.1) is 5.92 Å². The van der Waals surface area contributed by atoms with Gasteiger partial charge in [0.05, 0.1) is 6.04 Å². The van der Waals surface area contributed by atoms with Crippen molar-refractivity contribution < 1.29 is 4.79 Å². The number of hydrogen-bond donors (Lipinski definition) is 2. The number of nitrogens with two attached hydrogens (primary N) is 1. The molecule has 1 aromatic rings. The van der Waals surface area contributed by atoms with Gasteiger partial charge in [0.1, 0.15) is 0 Å². The summed E-state index contributed by atoms with van der Waals surface area (Å²) in [7, 11) is 0. The van der Waals surface area contributed by atoms with E-state index in [1.165, 1.54) is 11.3 Å². The molecule has 1 aliphatic heterocycles. The molecule has 3 nitrogen and oxygen atoms in total. The summed E-state index contributed by atoms with van der Waals surface area (Å²) < 4.78 is 0. The highest BCUT2D eigenvalue weighted by Gasteiger charge is 2.26. The summed E-state index contributed by atoms with van der Waals surface area (Å²) in [6.45, 7) is 4.70. The first-order valence-corrected chi connectivity index (χ1v) is 6.21. The van der Waals surface area contributed by atoms with E-state index in [0.29, 0.717) is 5.92 Å². The van der Waals surface area contributed by atoms with E-state index < -0.39 is 0 Å². The van der Waals surface area contributed by atoms with Crippen LogP contribution in [-0.4, -0.2) is 18.4 Å². The van der Waals surface area contributed by atoms with E-state index in [1.54, 1.807) is 0 Å². The SMILES string of the molecule is CC(C)C(=O)[C@@H](N)CC1CNc2ccccc21. The maximum atomic E-state index is 11.8. The van der Waals surface area contributed by atoms with Gasteiger partial charge in [-0.1, -0.05) is 32.0 Å². The van der Waals surface area contributed by atoms with Gasteiger partial charge in [-0.25, -0.2) is 0 Å². The van der Waals surface area contributed by atoms with Gasteiger partial charge < -0.3 is 11.1 Å². The fraction of sp³-hybridized carbons (Fsp3) is 0.500. The number of Topliss-reactive ketones (excluding diaryl/α,β-unsaturated/α-hetero) is 1. The van der Waals surface area contributed by atoms with E-state index in [0.717, 1.165) is 13.0 Å². The van der Waals surface area contributed by atoms with Gasteiger partial charge in [0.15, 0.2) is 5.78 Å². The molecule has 2 atom stereocenters. The van der Waals surface area contributed by atoms with E-state index in [9.17, 15) is 4.79 Å². The van der Waals surface area contributed by atoms with Crippen LogP contribution in [-0.2, 0) is 4.79 Å². The Morgan fingerprint density at radius 2 is 2.18 bits per heavy atom. The Balaban J connectivity index is 2.05. The van der Waals surface area contributed by atoms with Crippen LogP contribution in [0.1, 0.15) is 31.7 Å². The van der Waals surface area contributed by atoms with Gasteiger partial charge in [-0.05, 0) is 18.1 Å². The normalized spacial score (nSPS) is 19.9. The molecule has 17 heavy (non-hydrogen) atoms. The van der Waals surface area contributed by atoms with Gasteiger partial charge in [0, 0.05) is 24.1 Å². The maximum absolute atomic E-state index is 11.8. The van der Waals surface area contributed by atoms with Crippen LogP contribution in [0.5, 0.6) is 0 Å². The van der Waals surface area contributed by atoms with Gasteiger partial charge in [0.2, 0.25) is 0 Å². The quantitative estimate of drug-likeness (QED) is 0.836. The molecular weight excluding hydrogens is 212 g/mol. The second kappa shape index (κ2) is 4.88. The first kappa shape index (κ1) is 12.1. The number of anilines is 1. The molecule has 0 fully saturated rings. The molecule has 1 heterocycles. The molecule has 3 heteroatoms. The fourth-order valence-electron chi connectivity index (χ4n) is 2.42. The highest BCUT2D eigenvalue weighted by atomic mass is 16.1. The van der Waals surface area contributed by atoms with Crippen molar-refractivity contribution in [3.05, 3.63) is 29.8 Å². The topological polar surface area (TPSA) is 55.1 Å². The van der Waals surface area contributed by atoms with Gasteiger partial charge in [0.25, 0.3) is 0 Å². The van der Waals surface area contributed by atoms with Crippen LogP contribution in [0.25, 0.3) is 0 Å². The first-order valence-electron chi connectivity index (χ1n) is 6.21. The Hall–Kier alpha value is -1.35. The van der Waals surface area contributed by atoms with Gasteiger partial charge in [-0.15, -0.1) is 0 Å². The van der Waals surface area contributed by atoms with Crippen molar-refractivity contribution in [1.82, 2.24) is 0 Å². The number of carbonyl (C=O) groups is 1. The molecule has 0 aliphatic carbocycles. The molecule has 3 N–H and O–H groups in total. The first-order chi connectivity index (χ1) is 8.09. The lowest BCUT2D eigenvalue weighted by molar-refractivity contribution is -0.123. The lowest BCUT2D eigenvalue weighted by Gasteiger charge is -2.17. The molecule has 0 spiro atoms. The number of rotatable bonds is 4. The van der Waals surface area contributed by atoms with Crippen LogP contribution in [0.15, 0.2) is 24.3 Å². The Bertz CT molecular complexity index is 414. The lowest BCUT2D eigenvalue weighted by Crippen LogP contribution is -2.35. The number of hydrogen-bond acceptors (Lipinski definition) is 3. The number of para-hydroxylation sites is 1. The standard InChI is InChI=1S/C14H20N2O/c1-9(2)14(17)12(15)7-10-8-16-13-6-4-3-5-11(10)13/h3-6,9-10,12,16H,7-8,15H2,1-2H3/t10?,12-/m0/s1. The smallest absolute Gasteiger partial charge is 0.152 e. The van der Waals surface area contributed by atoms with Gasteiger partial charge in [-0.2, -0.15) is 0 Å². The highest BCUT2D eigenvalue weighted by Crippen LogP contribution is 2.33. The summed E-state index contributed by atoms with van der Waals surface area (Å²) in [4.78, 5) is 11.8. The van der Waals surface area contributed by atoms with E-state index in [2.05, 4.69) is 17.4 Å². The Kier molecular flexibility index (Phi) is 3.48. The predicted octanol–water partition coefficient (Wildman–Crippen LogP) is 2.14. The number of nitrogens with one attached hydrogen (secondary N) is 1. The Morgan fingerprint density at radius 3 is 2.88 bits per heavy atom. The van der Waals surface area contributed by atoms with E-state index in [4.69, 9.17) is 5.73 Å². The monoisotopic (exact) mass is 232 g/mol. The van der Waals surface area contributed by atoms with Crippen LogP contribution < -0.4 is 11.1 Å². The van der Waals surface area contributed by atoms with Crippen LogP contribution >= 0.6 is 0 Å². The molecule has 1 unspecified atom stereocenters.